The number of carbonyl (C=O) groups excluding carboxylic acids is 1. The van der Waals surface area contributed by atoms with Crippen molar-refractivity contribution in [3.05, 3.63) is 77.5 Å². The van der Waals surface area contributed by atoms with E-state index in [-0.39, 0.29) is 5.91 Å². The fourth-order valence-corrected chi connectivity index (χ4v) is 5.22. The van der Waals surface area contributed by atoms with E-state index < -0.39 is 0 Å². The Labute approximate surface area is 184 Å². The molecule has 2 saturated heterocycles. The quantitative estimate of drug-likeness (QED) is 0.595. The van der Waals surface area contributed by atoms with Gasteiger partial charge in [-0.15, -0.1) is 0 Å². The predicted octanol–water partition coefficient (Wildman–Crippen LogP) is 4.93. The molecule has 2 aromatic carbocycles. The molecule has 160 valence electrons. The highest BCUT2D eigenvalue weighted by molar-refractivity contribution is 5.96. The van der Waals surface area contributed by atoms with E-state index >= 15 is 0 Å². The van der Waals surface area contributed by atoms with Crippen LogP contribution in [0.15, 0.2) is 60.8 Å². The topological polar surface area (TPSA) is 36.4 Å². The molecule has 5 rings (SSSR count). The number of benzene rings is 2. The van der Waals surface area contributed by atoms with Crippen LogP contribution in [0.4, 0.5) is 0 Å². The maximum atomic E-state index is 13.4. The fourth-order valence-electron chi connectivity index (χ4n) is 5.22. The molecule has 2 aliphatic heterocycles. The van der Waals surface area contributed by atoms with Gasteiger partial charge in [0.15, 0.2) is 0 Å². The average molecular weight is 414 g/mol. The Kier molecular flexibility index (Phi) is 5.99. The van der Waals surface area contributed by atoms with Gasteiger partial charge >= 0.3 is 0 Å². The zero-order valence-corrected chi connectivity index (χ0v) is 18.2. The van der Waals surface area contributed by atoms with Crippen molar-refractivity contribution in [2.24, 2.45) is 5.92 Å². The lowest BCUT2D eigenvalue weighted by molar-refractivity contribution is 0.0784. The zero-order chi connectivity index (χ0) is 21.0. The predicted molar refractivity (Wildman–Crippen MR) is 125 cm³/mol. The summed E-state index contributed by atoms with van der Waals surface area (Å²) in [4.78, 5) is 22.6. The first-order valence-electron chi connectivity index (χ1n) is 11.7. The summed E-state index contributed by atoms with van der Waals surface area (Å²) in [7, 11) is 0. The molecule has 1 aromatic heterocycles. The minimum atomic E-state index is 0.200. The maximum absolute atomic E-state index is 13.4. The largest absolute Gasteiger partial charge is 0.338 e. The molecule has 1 atom stereocenters. The molecule has 1 unspecified atom stereocenters. The second kappa shape index (κ2) is 9.19. The van der Waals surface area contributed by atoms with Crippen LogP contribution in [0.3, 0.4) is 0 Å². The number of fused-ring (bicyclic) bond motifs is 1. The molecule has 0 aliphatic carbocycles. The Bertz CT molecular complexity index is 1050. The fraction of sp³-hybridized carbons (Fsp3) is 0.407. The van der Waals surface area contributed by atoms with Crippen molar-refractivity contribution < 1.29 is 4.79 Å². The van der Waals surface area contributed by atoms with E-state index in [0.717, 1.165) is 56.6 Å². The van der Waals surface area contributed by atoms with Crippen molar-refractivity contribution in [3.63, 3.8) is 0 Å². The Morgan fingerprint density at radius 3 is 2.61 bits per heavy atom. The number of para-hydroxylation sites is 1. The minimum Gasteiger partial charge on any atom is -0.338 e. The van der Waals surface area contributed by atoms with Gasteiger partial charge in [-0.1, -0.05) is 48.9 Å². The van der Waals surface area contributed by atoms with E-state index in [1.165, 1.54) is 35.8 Å². The first-order chi connectivity index (χ1) is 15.3. The number of carbonyl (C=O) groups is 1. The van der Waals surface area contributed by atoms with E-state index in [1.807, 2.05) is 24.4 Å². The highest BCUT2D eigenvalue weighted by Gasteiger charge is 2.28. The smallest absolute Gasteiger partial charge is 0.254 e. The van der Waals surface area contributed by atoms with E-state index in [9.17, 15) is 4.79 Å². The van der Waals surface area contributed by atoms with Gasteiger partial charge in [-0.2, -0.15) is 0 Å². The summed E-state index contributed by atoms with van der Waals surface area (Å²) in [5, 5.41) is 1.19. The third-order valence-electron chi connectivity index (χ3n) is 6.89. The Hall–Kier alpha value is -2.72. The molecular weight excluding hydrogens is 382 g/mol. The third-order valence-corrected chi connectivity index (χ3v) is 6.89. The van der Waals surface area contributed by atoms with Gasteiger partial charge < -0.3 is 4.90 Å². The molecule has 4 heteroatoms. The lowest BCUT2D eigenvalue weighted by Crippen LogP contribution is -2.32. The van der Waals surface area contributed by atoms with Crippen molar-refractivity contribution in [3.8, 4) is 0 Å². The number of rotatable bonds is 5. The third kappa shape index (κ3) is 4.49. The van der Waals surface area contributed by atoms with Gasteiger partial charge in [0.25, 0.3) is 5.91 Å². The number of amides is 1. The van der Waals surface area contributed by atoms with Crippen LogP contribution in [0.1, 0.15) is 47.2 Å². The Morgan fingerprint density at radius 2 is 1.71 bits per heavy atom. The van der Waals surface area contributed by atoms with E-state index in [2.05, 4.69) is 51.2 Å². The monoisotopic (exact) mass is 413 g/mol. The van der Waals surface area contributed by atoms with Gasteiger partial charge in [0, 0.05) is 36.8 Å². The lowest BCUT2D eigenvalue weighted by Gasteiger charge is -2.27. The highest BCUT2D eigenvalue weighted by Crippen LogP contribution is 2.27. The van der Waals surface area contributed by atoms with Crippen LogP contribution in [0, 0.1) is 5.92 Å². The molecule has 31 heavy (non-hydrogen) atoms. The summed E-state index contributed by atoms with van der Waals surface area (Å²) in [6.45, 7) is 4.86. The second-order valence-electron chi connectivity index (χ2n) is 9.10. The number of nitrogens with zero attached hydrogens (tertiary/aromatic N) is 3. The first-order valence-corrected chi connectivity index (χ1v) is 11.7. The summed E-state index contributed by atoms with van der Waals surface area (Å²) in [5.74, 6) is 0.692. The van der Waals surface area contributed by atoms with Crippen LogP contribution < -0.4 is 0 Å². The average Bonchev–Trinajstić information content (AvgIpc) is 3.28. The van der Waals surface area contributed by atoms with Crippen LogP contribution in [0.2, 0.25) is 0 Å². The summed E-state index contributed by atoms with van der Waals surface area (Å²) < 4.78 is 0. The second-order valence-corrected chi connectivity index (χ2v) is 9.10. The van der Waals surface area contributed by atoms with Gasteiger partial charge in [0.1, 0.15) is 0 Å². The standard InChI is InChI=1S/C27H31N3O/c31-27(25-12-3-2-8-24(25)20-29-15-4-1-5-16-29)30-17-13-21(19-30)18-23-10-6-9-22-11-7-14-28-26(22)23/h2-3,6-12,14,21H,1,4-5,13,15-20H2. The minimum absolute atomic E-state index is 0.200. The summed E-state index contributed by atoms with van der Waals surface area (Å²) in [6, 6.07) is 18.8. The highest BCUT2D eigenvalue weighted by atomic mass is 16.2. The normalized spacial score (nSPS) is 19.7. The van der Waals surface area contributed by atoms with Crippen molar-refractivity contribution in [2.45, 2.75) is 38.6 Å². The number of piperidine rings is 1. The van der Waals surface area contributed by atoms with Crippen molar-refractivity contribution in [2.75, 3.05) is 26.2 Å². The van der Waals surface area contributed by atoms with Crippen LogP contribution in [0.25, 0.3) is 10.9 Å². The molecule has 0 bridgehead atoms. The van der Waals surface area contributed by atoms with E-state index in [4.69, 9.17) is 0 Å². The molecule has 4 nitrogen and oxygen atoms in total. The van der Waals surface area contributed by atoms with Gasteiger partial charge in [0.05, 0.1) is 5.52 Å². The number of aromatic nitrogens is 1. The molecule has 0 N–H and O–H groups in total. The summed E-state index contributed by atoms with van der Waals surface area (Å²) >= 11 is 0. The van der Waals surface area contributed by atoms with Crippen LogP contribution in [-0.4, -0.2) is 46.9 Å². The molecule has 3 aromatic rings. The summed E-state index contributed by atoms with van der Waals surface area (Å²) in [5.41, 5.74) is 4.46. The number of pyridine rings is 1. The number of likely N-dealkylation sites (tertiary alicyclic amines) is 2. The lowest BCUT2D eigenvalue weighted by atomic mass is 9.96. The molecule has 0 saturated carbocycles. The van der Waals surface area contributed by atoms with Gasteiger partial charge in [-0.05, 0) is 68.0 Å². The SMILES string of the molecule is O=C(c1ccccc1CN1CCCCC1)N1CCC(Cc2cccc3cccnc23)C1. The zero-order valence-electron chi connectivity index (χ0n) is 18.2. The molecule has 2 aliphatic rings. The van der Waals surface area contributed by atoms with E-state index in [1.54, 1.807) is 0 Å². The van der Waals surface area contributed by atoms with Crippen LogP contribution in [0.5, 0.6) is 0 Å². The molecular formula is C27H31N3O. The molecule has 1 amide bonds. The number of hydrogen-bond acceptors (Lipinski definition) is 3. The number of hydrogen-bond donors (Lipinski definition) is 0. The first kappa shape index (κ1) is 20.2. The van der Waals surface area contributed by atoms with E-state index in [0.29, 0.717) is 5.92 Å². The van der Waals surface area contributed by atoms with Crippen LogP contribution >= 0.6 is 0 Å². The Balaban J connectivity index is 1.27. The van der Waals surface area contributed by atoms with Crippen LogP contribution in [-0.2, 0) is 13.0 Å². The molecule has 0 radical (unpaired) electrons. The van der Waals surface area contributed by atoms with Gasteiger partial charge in [-0.3, -0.25) is 14.7 Å². The molecule has 0 spiro atoms. The van der Waals surface area contributed by atoms with Crippen molar-refractivity contribution in [1.29, 1.82) is 0 Å². The molecule has 3 heterocycles. The molecule has 2 fully saturated rings. The Morgan fingerprint density at radius 1 is 0.903 bits per heavy atom. The maximum Gasteiger partial charge on any atom is 0.254 e. The van der Waals surface area contributed by atoms with Crippen molar-refractivity contribution >= 4 is 16.8 Å². The van der Waals surface area contributed by atoms with Gasteiger partial charge in [-0.25, -0.2) is 0 Å². The summed E-state index contributed by atoms with van der Waals surface area (Å²) in [6.07, 6.45) is 7.78. The van der Waals surface area contributed by atoms with Crippen molar-refractivity contribution in [1.82, 2.24) is 14.8 Å². The van der Waals surface area contributed by atoms with Gasteiger partial charge in [0.2, 0.25) is 0 Å².